The second kappa shape index (κ2) is 5.61. The second-order valence-electron chi connectivity index (χ2n) is 4.21. The fourth-order valence-corrected chi connectivity index (χ4v) is 1.99. The molecule has 0 spiro atoms. The summed E-state index contributed by atoms with van der Waals surface area (Å²) >= 11 is 0. The van der Waals surface area contributed by atoms with Crippen molar-refractivity contribution in [1.82, 2.24) is 4.98 Å². The molecule has 2 aromatic rings. The molecule has 2 N–H and O–H groups in total. The summed E-state index contributed by atoms with van der Waals surface area (Å²) in [6.45, 7) is 0. The predicted octanol–water partition coefficient (Wildman–Crippen LogP) is 1.45. The lowest BCUT2D eigenvalue weighted by Gasteiger charge is -2.16. The van der Waals surface area contributed by atoms with E-state index in [-0.39, 0.29) is 28.6 Å². The van der Waals surface area contributed by atoms with Crippen molar-refractivity contribution in [3.8, 4) is 6.07 Å². The van der Waals surface area contributed by atoms with Gasteiger partial charge in [0, 0.05) is 17.8 Å². The van der Waals surface area contributed by atoms with Crippen molar-refractivity contribution in [3.05, 3.63) is 46.1 Å². The molecule has 0 radical (unpaired) electrons. The smallest absolute Gasteiger partial charge is 0.278 e. The van der Waals surface area contributed by atoms with E-state index in [2.05, 4.69) is 4.98 Å². The fourth-order valence-electron chi connectivity index (χ4n) is 1.99. The Morgan fingerprint density at radius 2 is 2.15 bits per heavy atom. The quantitative estimate of drug-likeness (QED) is 0.642. The van der Waals surface area contributed by atoms with Gasteiger partial charge in [0.15, 0.2) is 0 Å². The monoisotopic (exact) mass is 273 g/mol. The first kappa shape index (κ1) is 13.9. The normalized spacial score (nSPS) is 13.7. The Morgan fingerprint density at radius 1 is 1.40 bits per heavy atom. The number of non-ortho nitro benzene ring substituents is 1. The Bertz CT molecular complexity index is 696. The summed E-state index contributed by atoms with van der Waals surface area (Å²) in [5.74, 6) is 0. The summed E-state index contributed by atoms with van der Waals surface area (Å²) in [7, 11) is 0. The minimum Gasteiger partial charge on any atom is -0.389 e. The Labute approximate surface area is 113 Å². The maximum atomic E-state index is 11.0. The maximum absolute atomic E-state index is 11.0. The van der Waals surface area contributed by atoms with E-state index in [1.807, 2.05) is 0 Å². The van der Waals surface area contributed by atoms with Crippen LogP contribution in [-0.4, -0.2) is 26.2 Å². The van der Waals surface area contributed by atoms with Crippen molar-refractivity contribution >= 4 is 16.6 Å². The van der Waals surface area contributed by atoms with Crippen LogP contribution >= 0.6 is 0 Å². The molecule has 1 heterocycles. The Balaban J connectivity index is 2.59. The van der Waals surface area contributed by atoms with E-state index < -0.39 is 17.1 Å². The largest absolute Gasteiger partial charge is 0.389 e. The minimum absolute atomic E-state index is 0.126. The molecular weight excluding hydrogens is 262 g/mol. The molecule has 7 heteroatoms. The first-order valence-electron chi connectivity index (χ1n) is 5.81. The molecule has 0 aliphatic rings. The number of hydrogen-bond acceptors (Lipinski definition) is 6. The van der Waals surface area contributed by atoms with Gasteiger partial charge in [-0.3, -0.25) is 15.1 Å². The van der Waals surface area contributed by atoms with E-state index in [1.165, 1.54) is 24.4 Å². The van der Waals surface area contributed by atoms with Crippen molar-refractivity contribution in [1.29, 1.82) is 5.26 Å². The molecule has 1 aromatic carbocycles. The van der Waals surface area contributed by atoms with Crippen LogP contribution in [-0.2, 0) is 0 Å². The number of rotatable bonds is 4. The maximum Gasteiger partial charge on any atom is 0.278 e. The van der Waals surface area contributed by atoms with E-state index in [0.717, 1.165) is 0 Å². The van der Waals surface area contributed by atoms with Crippen LogP contribution in [0.4, 0.5) is 5.69 Å². The number of nitro groups is 1. The molecule has 7 nitrogen and oxygen atoms in total. The van der Waals surface area contributed by atoms with Crippen LogP contribution in [0.1, 0.15) is 18.1 Å². The van der Waals surface area contributed by atoms with Gasteiger partial charge in [0.1, 0.15) is 6.10 Å². The molecule has 0 bridgehead atoms. The Kier molecular flexibility index (Phi) is 3.89. The van der Waals surface area contributed by atoms with Gasteiger partial charge in [-0.1, -0.05) is 0 Å². The topological polar surface area (TPSA) is 120 Å². The van der Waals surface area contributed by atoms with Gasteiger partial charge in [0.2, 0.25) is 0 Å². The van der Waals surface area contributed by atoms with Crippen LogP contribution in [0.5, 0.6) is 0 Å². The summed E-state index contributed by atoms with van der Waals surface area (Å²) in [5, 5.41) is 39.5. The zero-order valence-corrected chi connectivity index (χ0v) is 10.3. The highest BCUT2D eigenvalue weighted by atomic mass is 16.6. The van der Waals surface area contributed by atoms with Crippen LogP contribution in [0.25, 0.3) is 10.9 Å². The number of hydrogen-bond donors (Lipinski definition) is 2. The zero-order valence-electron chi connectivity index (χ0n) is 10.3. The number of nitro benzene ring substituents is 1. The number of nitrogens with zero attached hydrogens (tertiary/aromatic N) is 3. The van der Waals surface area contributed by atoms with Crippen LogP contribution in [0, 0.1) is 21.4 Å². The molecule has 0 aliphatic carbocycles. The van der Waals surface area contributed by atoms with Crippen LogP contribution in [0.15, 0.2) is 30.5 Å². The number of aromatic nitrogens is 1. The lowest BCUT2D eigenvalue weighted by molar-refractivity contribution is -0.383. The van der Waals surface area contributed by atoms with Gasteiger partial charge >= 0.3 is 0 Å². The molecule has 0 fully saturated rings. The predicted molar refractivity (Wildman–Crippen MR) is 69.6 cm³/mol. The van der Waals surface area contributed by atoms with Crippen LogP contribution < -0.4 is 0 Å². The molecule has 0 amide bonds. The van der Waals surface area contributed by atoms with Crippen molar-refractivity contribution in [2.75, 3.05) is 0 Å². The molecule has 20 heavy (non-hydrogen) atoms. The first-order valence-corrected chi connectivity index (χ1v) is 5.81. The summed E-state index contributed by atoms with van der Waals surface area (Å²) in [5.41, 5.74) is 0.374. The standard InChI is InChI=1S/C13H11N3O4/c14-6-5-11(17)13(18)9-3-4-10(16(19)20)8-2-1-7-15-12(8)9/h1-4,7,11,13,17-18H,5H2. The molecule has 0 aliphatic heterocycles. The molecule has 2 unspecified atom stereocenters. The molecule has 1 aromatic heterocycles. The molecule has 2 rings (SSSR count). The van der Waals surface area contributed by atoms with Crippen molar-refractivity contribution in [2.45, 2.75) is 18.6 Å². The van der Waals surface area contributed by atoms with Gasteiger partial charge in [-0.2, -0.15) is 5.26 Å². The number of fused-ring (bicyclic) bond motifs is 1. The fraction of sp³-hybridized carbons (Fsp3) is 0.231. The van der Waals surface area contributed by atoms with E-state index in [0.29, 0.717) is 0 Å². The lowest BCUT2D eigenvalue weighted by atomic mass is 9.98. The Hall–Kier alpha value is -2.56. The van der Waals surface area contributed by atoms with Gasteiger partial charge in [0.05, 0.1) is 34.4 Å². The summed E-state index contributed by atoms with van der Waals surface area (Å²) in [6.07, 6.45) is -1.40. The van der Waals surface area contributed by atoms with Gasteiger partial charge in [-0.25, -0.2) is 0 Å². The van der Waals surface area contributed by atoms with E-state index in [4.69, 9.17) is 5.26 Å². The highest BCUT2D eigenvalue weighted by molar-refractivity contribution is 5.90. The molecular formula is C13H11N3O4. The first-order chi connectivity index (χ1) is 9.56. The van der Waals surface area contributed by atoms with Gasteiger partial charge in [0.25, 0.3) is 5.69 Å². The third kappa shape index (κ3) is 2.42. The summed E-state index contributed by atoms with van der Waals surface area (Å²) < 4.78 is 0. The minimum atomic E-state index is -1.33. The van der Waals surface area contributed by atoms with Gasteiger partial charge < -0.3 is 10.2 Å². The third-order valence-electron chi connectivity index (χ3n) is 2.96. The van der Waals surface area contributed by atoms with E-state index in [1.54, 1.807) is 12.1 Å². The summed E-state index contributed by atoms with van der Waals surface area (Å²) in [6, 6.07) is 7.43. The molecule has 0 saturated heterocycles. The van der Waals surface area contributed by atoms with Crippen molar-refractivity contribution < 1.29 is 15.1 Å². The molecule has 0 saturated carbocycles. The number of aliphatic hydroxyl groups excluding tert-OH is 2. The number of benzene rings is 1. The average molecular weight is 273 g/mol. The van der Waals surface area contributed by atoms with E-state index >= 15 is 0 Å². The number of pyridine rings is 1. The van der Waals surface area contributed by atoms with Crippen LogP contribution in [0.3, 0.4) is 0 Å². The zero-order chi connectivity index (χ0) is 14.7. The molecule has 102 valence electrons. The third-order valence-corrected chi connectivity index (χ3v) is 2.96. The summed E-state index contributed by atoms with van der Waals surface area (Å²) in [4.78, 5) is 14.4. The van der Waals surface area contributed by atoms with Gasteiger partial charge in [-0.15, -0.1) is 0 Å². The SMILES string of the molecule is N#CCC(O)C(O)c1ccc([N+](=O)[O-])c2cccnc12. The Morgan fingerprint density at radius 3 is 2.80 bits per heavy atom. The van der Waals surface area contributed by atoms with Crippen molar-refractivity contribution in [3.63, 3.8) is 0 Å². The number of aliphatic hydroxyl groups is 2. The average Bonchev–Trinajstić information content (AvgIpc) is 2.45. The van der Waals surface area contributed by atoms with Gasteiger partial charge in [-0.05, 0) is 18.2 Å². The van der Waals surface area contributed by atoms with Crippen LogP contribution in [0.2, 0.25) is 0 Å². The van der Waals surface area contributed by atoms with E-state index in [9.17, 15) is 20.3 Å². The molecule has 2 atom stereocenters. The number of nitriles is 1. The van der Waals surface area contributed by atoms with Crippen molar-refractivity contribution in [2.24, 2.45) is 0 Å². The highest BCUT2D eigenvalue weighted by Crippen LogP contribution is 2.31. The lowest BCUT2D eigenvalue weighted by Crippen LogP contribution is -2.18. The highest BCUT2D eigenvalue weighted by Gasteiger charge is 2.23. The second-order valence-corrected chi connectivity index (χ2v) is 4.21.